The van der Waals surface area contributed by atoms with Crippen LogP contribution in [0.15, 0.2) is 52.4 Å². The number of rotatable bonds is 4. The lowest BCUT2D eigenvalue weighted by atomic mass is 10.1. The Kier molecular flexibility index (Phi) is 4.66. The van der Waals surface area contributed by atoms with E-state index < -0.39 is 11.6 Å². The van der Waals surface area contributed by atoms with Crippen molar-refractivity contribution in [2.75, 3.05) is 0 Å². The third-order valence-electron chi connectivity index (χ3n) is 3.82. The molecule has 0 amide bonds. The summed E-state index contributed by atoms with van der Waals surface area (Å²) in [6, 6.07) is 10.5. The second-order valence-electron chi connectivity index (χ2n) is 5.39. The van der Waals surface area contributed by atoms with Gasteiger partial charge in [-0.15, -0.1) is 0 Å². The summed E-state index contributed by atoms with van der Waals surface area (Å²) in [6.07, 6.45) is 0. The van der Waals surface area contributed by atoms with E-state index in [1.165, 1.54) is 17.8 Å². The van der Waals surface area contributed by atoms with Gasteiger partial charge in [0, 0.05) is 17.4 Å². The smallest absolute Gasteiger partial charge is 0.262 e. The van der Waals surface area contributed by atoms with Crippen LogP contribution in [0.5, 0.6) is 0 Å². The minimum atomic E-state index is -0.488. The molecule has 1 aromatic heterocycles. The van der Waals surface area contributed by atoms with E-state index in [2.05, 4.69) is 4.98 Å². The largest absolute Gasteiger partial charge is 0.287 e. The highest BCUT2D eigenvalue weighted by Gasteiger charge is 2.17. The van der Waals surface area contributed by atoms with Crippen molar-refractivity contribution in [2.24, 2.45) is 0 Å². The maximum absolute atomic E-state index is 14.0. The average Bonchev–Trinajstić information content (AvgIpc) is 2.57. The lowest BCUT2D eigenvalue weighted by molar-refractivity contribution is 0.585. The van der Waals surface area contributed by atoms with Gasteiger partial charge in [-0.25, -0.2) is 13.8 Å². The van der Waals surface area contributed by atoms with Crippen molar-refractivity contribution < 1.29 is 8.78 Å². The number of thioether (sulfide) groups is 1. The summed E-state index contributed by atoms with van der Waals surface area (Å²) in [5.74, 6) is -0.958. The molecule has 2 aromatic carbocycles. The Morgan fingerprint density at radius 3 is 2.71 bits per heavy atom. The first-order valence-electron chi connectivity index (χ1n) is 7.62. The quantitative estimate of drug-likeness (QED) is 0.513. The van der Waals surface area contributed by atoms with Gasteiger partial charge in [0.15, 0.2) is 5.16 Å². The van der Waals surface area contributed by atoms with Gasteiger partial charge in [0.25, 0.3) is 5.56 Å². The summed E-state index contributed by atoms with van der Waals surface area (Å²) in [4.78, 5) is 17.1. The van der Waals surface area contributed by atoms with E-state index in [-0.39, 0.29) is 16.4 Å². The molecule has 0 bridgehead atoms. The Bertz CT molecular complexity index is 955. The van der Waals surface area contributed by atoms with Crippen molar-refractivity contribution in [3.05, 3.63) is 70.0 Å². The van der Waals surface area contributed by atoms with E-state index >= 15 is 0 Å². The number of fused-ring (bicyclic) bond motifs is 1. The van der Waals surface area contributed by atoms with Gasteiger partial charge in [0.2, 0.25) is 0 Å². The van der Waals surface area contributed by atoms with Gasteiger partial charge < -0.3 is 0 Å². The summed E-state index contributed by atoms with van der Waals surface area (Å²) in [6.45, 7) is 4.08. The van der Waals surface area contributed by atoms with Crippen LogP contribution in [-0.2, 0) is 6.54 Å². The van der Waals surface area contributed by atoms with Gasteiger partial charge in [0.05, 0.1) is 10.9 Å². The zero-order valence-corrected chi connectivity index (χ0v) is 14.1. The Labute approximate surface area is 142 Å². The molecule has 24 heavy (non-hydrogen) atoms. The number of hydrogen-bond donors (Lipinski definition) is 0. The molecule has 3 rings (SSSR count). The predicted octanol–water partition coefficient (Wildman–Crippen LogP) is 4.55. The van der Waals surface area contributed by atoms with Gasteiger partial charge in [0.1, 0.15) is 11.6 Å². The average molecular weight is 346 g/mol. The summed E-state index contributed by atoms with van der Waals surface area (Å²) in [7, 11) is 0. The maximum Gasteiger partial charge on any atom is 0.262 e. The predicted molar refractivity (Wildman–Crippen MR) is 92.3 cm³/mol. The molecule has 0 fully saturated rings. The van der Waals surface area contributed by atoms with Crippen molar-refractivity contribution >= 4 is 22.7 Å². The molecule has 0 unspecified atom stereocenters. The van der Waals surface area contributed by atoms with Crippen LogP contribution in [0.1, 0.15) is 24.7 Å². The van der Waals surface area contributed by atoms with Crippen molar-refractivity contribution in [3.8, 4) is 0 Å². The number of aromatic nitrogens is 2. The minimum Gasteiger partial charge on any atom is -0.287 e. The highest BCUT2D eigenvalue weighted by molar-refractivity contribution is 7.99. The van der Waals surface area contributed by atoms with Gasteiger partial charge in [-0.1, -0.05) is 23.9 Å². The monoisotopic (exact) mass is 346 g/mol. The van der Waals surface area contributed by atoms with Crippen molar-refractivity contribution in [2.45, 2.75) is 30.8 Å². The molecule has 0 aliphatic heterocycles. The normalized spacial score (nSPS) is 12.5. The topological polar surface area (TPSA) is 34.9 Å². The van der Waals surface area contributed by atoms with E-state index in [1.54, 1.807) is 29.7 Å². The maximum atomic E-state index is 14.0. The molecule has 0 aliphatic rings. The fourth-order valence-electron chi connectivity index (χ4n) is 2.56. The molecule has 6 heteroatoms. The van der Waals surface area contributed by atoms with Crippen LogP contribution >= 0.6 is 11.8 Å². The van der Waals surface area contributed by atoms with E-state index in [9.17, 15) is 13.6 Å². The van der Waals surface area contributed by atoms with Gasteiger partial charge >= 0.3 is 0 Å². The van der Waals surface area contributed by atoms with E-state index in [1.807, 2.05) is 13.0 Å². The first kappa shape index (κ1) is 16.6. The zero-order valence-electron chi connectivity index (χ0n) is 13.3. The van der Waals surface area contributed by atoms with Crippen molar-refractivity contribution in [1.82, 2.24) is 9.55 Å². The molecule has 3 aromatic rings. The van der Waals surface area contributed by atoms with Gasteiger partial charge in [-0.2, -0.15) is 0 Å². The molecule has 0 spiro atoms. The summed E-state index contributed by atoms with van der Waals surface area (Å²) in [5, 5.41) is 0.664. The van der Waals surface area contributed by atoms with Crippen LogP contribution in [0.25, 0.3) is 10.9 Å². The summed E-state index contributed by atoms with van der Waals surface area (Å²) < 4.78 is 28.9. The van der Waals surface area contributed by atoms with Crippen LogP contribution < -0.4 is 5.56 Å². The molecular formula is C18H16F2N2OS. The third kappa shape index (κ3) is 3.06. The molecule has 0 saturated carbocycles. The Hall–Kier alpha value is -2.21. The number of halogens is 2. The Morgan fingerprint density at radius 1 is 1.21 bits per heavy atom. The molecule has 0 radical (unpaired) electrons. The molecular weight excluding hydrogens is 330 g/mol. The second-order valence-corrected chi connectivity index (χ2v) is 6.69. The molecule has 0 N–H and O–H groups in total. The molecule has 1 heterocycles. The zero-order chi connectivity index (χ0) is 17.3. The fourth-order valence-corrected chi connectivity index (χ4v) is 3.68. The molecule has 124 valence electrons. The van der Waals surface area contributed by atoms with Crippen molar-refractivity contribution in [3.63, 3.8) is 0 Å². The van der Waals surface area contributed by atoms with Crippen LogP contribution in [-0.4, -0.2) is 9.55 Å². The van der Waals surface area contributed by atoms with Crippen LogP contribution in [0.4, 0.5) is 8.78 Å². The van der Waals surface area contributed by atoms with Crippen LogP contribution in [0.3, 0.4) is 0 Å². The summed E-state index contributed by atoms with van der Waals surface area (Å²) in [5.41, 5.74) is 0.726. The highest BCUT2D eigenvalue weighted by Crippen LogP contribution is 2.35. The van der Waals surface area contributed by atoms with Gasteiger partial charge in [-0.05, 0) is 44.2 Å². The lowest BCUT2D eigenvalue weighted by Crippen LogP contribution is -2.22. The second kappa shape index (κ2) is 6.73. The number of hydrogen-bond acceptors (Lipinski definition) is 3. The Balaban J connectivity index is 2.06. The number of benzene rings is 2. The number of nitrogens with zero attached hydrogens (tertiary/aromatic N) is 2. The van der Waals surface area contributed by atoms with Crippen LogP contribution in [0, 0.1) is 11.6 Å². The Morgan fingerprint density at radius 2 is 1.96 bits per heavy atom. The SMILES string of the molecule is CCn1c(S[C@@H](C)c2cc(F)ccc2F)nc2ccccc2c1=O. The minimum absolute atomic E-state index is 0.127. The standard InChI is InChI=1S/C18H16F2N2OS/c1-3-22-17(23)13-6-4-5-7-16(13)21-18(22)24-11(2)14-10-12(19)8-9-15(14)20/h4-11H,3H2,1-2H3/t11-/m0/s1. The highest BCUT2D eigenvalue weighted by atomic mass is 32.2. The molecule has 3 nitrogen and oxygen atoms in total. The van der Waals surface area contributed by atoms with E-state index in [4.69, 9.17) is 0 Å². The fraction of sp³-hybridized carbons (Fsp3) is 0.222. The van der Waals surface area contributed by atoms with E-state index in [0.29, 0.717) is 22.6 Å². The molecule has 0 saturated heterocycles. The third-order valence-corrected chi connectivity index (χ3v) is 4.95. The molecule has 0 aliphatic carbocycles. The lowest BCUT2D eigenvalue weighted by Gasteiger charge is -2.16. The first-order chi connectivity index (χ1) is 11.5. The van der Waals surface area contributed by atoms with Crippen molar-refractivity contribution in [1.29, 1.82) is 0 Å². The molecule has 1 atom stereocenters. The first-order valence-corrected chi connectivity index (χ1v) is 8.50. The van der Waals surface area contributed by atoms with Crippen LogP contribution in [0.2, 0.25) is 0 Å². The number of para-hydroxylation sites is 1. The van der Waals surface area contributed by atoms with E-state index in [0.717, 1.165) is 12.1 Å². The van der Waals surface area contributed by atoms with Gasteiger partial charge in [-0.3, -0.25) is 9.36 Å². The summed E-state index contributed by atoms with van der Waals surface area (Å²) >= 11 is 1.24.